The van der Waals surface area contributed by atoms with Crippen molar-refractivity contribution in [2.45, 2.75) is 0 Å². The van der Waals surface area contributed by atoms with Crippen molar-refractivity contribution in [3.63, 3.8) is 0 Å². The number of carbonyl (C=O) groups is 2. The number of piperazine rings is 1. The van der Waals surface area contributed by atoms with E-state index in [-0.39, 0.29) is 5.91 Å². The highest BCUT2D eigenvalue weighted by atomic mass is 35.5. The largest absolute Gasteiger partial charge is 0.367 e. The van der Waals surface area contributed by atoms with Crippen molar-refractivity contribution in [2.24, 2.45) is 5.73 Å². The van der Waals surface area contributed by atoms with Crippen LogP contribution in [0, 0.1) is 0 Å². The normalized spacial score (nSPS) is 14.5. The maximum Gasteiger partial charge on any atom is 0.257 e. The van der Waals surface area contributed by atoms with Crippen molar-refractivity contribution >= 4 is 40.7 Å². The highest BCUT2D eigenvalue weighted by molar-refractivity contribution is 6.39. The number of nitrogens with two attached hydrogens (primary N) is 1. The zero-order chi connectivity index (χ0) is 18.0. The van der Waals surface area contributed by atoms with Crippen LogP contribution in [-0.4, -0.2) is 47.9 Å². The molecule has 25 heavy (non-hydrogen) atoms. The summed E-state index contributed by atoms with van der Waals surface area (Å²) in [6, 6.07) is 6.75. The van der Waals surface area contributed by atoms with Crippen molar-refractivity contribution in [1.82, 2.24) is 9.88 Å². The van der Waals surface area contributed by atoms with Gasteiger partial charge in [-0.15, -0.1) is 0 Å². The summed E-state index contributed by atoms with van der Waals surface area (Å²) in [7, 11) is 0. The van der Waals surface area contributed by atoms with Crippen molar-refractivity contribution in [3.8, 4) is 0 Å². The first-order chi connectivity index (χ1) is 12.0. The maximum atomic E-state index is 12.7. The predicted octanol–water partition coefficient (Wildman–Crippen LogP) is 2.45. The Kier molecular flexibility index (Phi) is 5.11. The molecule has 0 saturated carbocycles. The first kappa shape index (κ1) is 17.5. The van der Waals surface area contributed by atoms with Gasteiger partial charge in [0.25, 0.3) is 11.8 Å². The SMILES string of the molecule is NC(=O)c1cnccc1N1CCN(C(=O)c2c(Cl)cccc2Cl)CC1. The molecule has 2 amide bonds. The standard InChI is InChI=1S/C17H16Cl2N4O2/c18-12-2-1-3-13(19)15(12)17(25)23-8-6-22(7-9-23)14-4-5-21-10-11(14)16(20)24/h1-5,10H,6-9H2,(H2,20,24). The number of amides is 2. The second-order valence-electron chi connectivity index (χ2n) is 5.63. The van der Waals surface area contributed by atoms with E-state index in [2.05, 4.69) is 4.98 Å². The summed E-state index contributed by atoms with van der Waals surface area (Å²) in [5.74, 6) is -0.718. The lowest BCUT2D eigenvalue weighted by molar-refractivity contribution is 0.0746. The monoisotopic (exact) mass is 378 g/mol. The molecule has 0 bridgehead atoms. The molecule has 0 atom stereocenters. The molecule has 1 aromatic heterocycles. The topological polar surface area (TPSA) is 79.5 Å². The smallest absolute Gasteiger partial charge is 0.257 e. The van der Waals surface area contributed by atoms with Crippen LogP contribution in [0.1, 0.15) is 20.7 Å². The second kappa shape index (κ2) is 7.29. The molecule has 0 aliphatic carbocycles. The summed E-state index contributed by atoms with van der Waals surface area (Å²) in [6.07, 6.45) is 3.07. The lowest BCUT2D eigenvalue weighted by Crippen LogP contribution is -2.49. The molecule has 2 N–H and O–H groups in total. The average Bonchev–Trinajstić information content (AvgIpc) is 2.61. The molecule has 3 rings (SSSR count). The van der Waals surface area contributed by atoms with E-state index in [0.29, 0.717) is 47.4 Å². The number of carbonyl (C=O) groups excluding carboxylic acids is 2. The number of nitrogens with zero attached hydrogens (tertiary/aromatic N) is 3. The number of primary amides is 1. The minimum Gasteiger partial charge on any atom is -0.367 e. The fourth-order valence-corrected chi connectivity index (χ4v) is 3.42. The lowest BCUT2D eigenvalue weighted by Gasteiger charge is -2.36. The third-order valence-corrected chi connectivity index (χ3v) is 4.78. The molecule has 130 valence electrons. The molecule has 1 aliphatic rings. The Balaban J connectivity index is 1.74. The lowest BCUT2D eigenvalue weighted by atomic mass is 10.1. The van der Waals surface area contributed by atoms with Crippen LogP contribution in [0.4, 0.5) is 5.69 Å². The molecule has 0 radical (unpaired) electrons. The van der Waals surface area contributed by atoms with Crippen molar-refractivity contribution in [1.29, 1.82) is 0 Å². The van der Waals surface area contributed by atoms with Gasteiger partial charge >= 0.3 is 0 Å². The Morgan fingerprint density at radius 3 is 2.28 bits per heavy atom. The van der Waals surface area contributed by atoms with Gasteiger partial charge in [0.05, 0.1) is 26.9 Å². The van der Waals surface area contributed by atoms with Crippen LogP contribution >= 0.6 is 23.2 Å². The van der Waals surface area contributed by atoms with Crippen LogP contribution in [0.2, 0.25) is 10.0 Å². The van der Waals surface area contributed by atoms with Crippen LogP contribution < -0.4 is 10.6 Å². The molecule has 0 spiro atoms. The maximum absolute atomic E-state index is 12.7. The first-order valence-corrected chi connectivity index (χ1v) is 8.46. The Morgan fingerprint density at radius 1 is 1.04 bits per heavy atom. The van der Waals surface area contributed by atoms with Gasteiger partial charge in [0.2, 0.25) is 0 Å². The van der Waals surface area contributed by atoms with E-state index >= 15 is 0 Å². The molecular weight excluding hydrogens is 363 g/mol. The van der Waals surface area contributed by atoms with Gasteiger partial charge in [0.15, 0.2) is 0 Å². The van der Waals surface area contributed by atoms with E-state index in [1.165, 1.54) is 6.20 Å². The number of rotatable bonds is 3. The minimum absolute atomic E-state index is 0.194. The summed E-state index contributed by atoms with van der Waals surface area (Å²) >= 11 is 12.2. The molecule has 2 aromatic rings. The Labute approximate surface area is 155 Å². The zero-order valence-electron chi connectivity index (χ0n) is 13.3. The number of anilines is 1. The number of hydrogen-bond acceptors (Lipinski definition) is 4. The Morgan fingerprint density at radius 2 is 1.68 bits per heavy atom. The van der Waals surface area contributed by atoms with E-state index in [4.69, 9.17) is 28.9 Å². The van der Waals surface area contributed by atoms with Crippen LogP contribution in [0.15, 0.2) is 36.7 Å². The van der Waals surface area contributed by atoms with E-state index in [9.17, 15) is 9.59 Å². The third-order valence-electron chi connectivity index (χ3n) is 4.15. The Hall–Kier alpha value is -2.31. The van der Waals surface area contributed by atoms with Crippen LogP contribution in [0.5, 0.6) is 0 Å². The minimum atomic E-state index is -0.524. The summed E-state index contributed by atoms with van der Waals surface area (Å²) in [6.45, 7) is 2.11. The van der Waals surface area contributed by atoms with Gasteiger partial charge in [-0.3, -0.25) is 14.6 Å². The fourth-order valence-electron chi connectivity index (χ4n) is 2.86. The van der Waals surface area contributed by atoms with Gasteiger partial charge in [0.1, 0.15) is 0 Å². The van der Waals surface area contributed by atoms with Crippen LogP contribution in [0.25, 0.3) is 0 Å². The summed E-state index contributed by atoms with van der Waals surface area (Å²) in [4.78, 5) is 31.9. The van der Waals surface area contributed by atoms with Crippen molar-refractivity contribution in [2.75, 3.05) is 31.1 Å². The molecule has 6 nitrogen and oxygen atoms in total. The van der Waals surface area contributed by atoms with E-state index in [0.717, 1.165) is 5.69 Å². The Bertz CT molecular complexity index is 800. The average molecular weight is 379 g/mol. The molecule has 1 fully saturated rings. The number of aromatic nitrogens is 1. The van der Waals surface area contributed by atoms with Gasteiger partial charge in [-0.2, -0.15) is 0 Å². The summed E-state index contributed by atoms with van der Waals surface area (Å²) in [5.41, 5.74) is 6.83. The quantitative estimate of drug-likeness (QED) is 0.889. The predicted molar refractivity (Wildman–Crippen MR) is 97.3 cm³/mol. The number of pyridine rings is 1. The molecule has 8 heteroatoms. The van der Waals surface area contributed by atoms with Gasteiger partial charge in [0, 0.05) is 38.6 Å². The van der Waals surface area contributed by atoms with Crippen LogP contribution in [-0.2, 0) is 0 Å². The van der Waals surface area contributed by atoms with Crippen molar-refractivity contribution in [3.05, 3.63) is 57.8 Å². The second-order valence-corrected chi connectivity index (χ2v) is 6.45. The fraction of sp³-hybridized carbons (Fsp3) is 0.235. The molecule has 2 heterocycles. The molecule has 1 aliphatic heterocycles. The van der Waals surface area contributed by atoms with E-state index in [1.54, 1.807) is 35.4 Å². The highest BCUT2D eigenvalue weighted by Gasteiger charge is 2.26. The number of halogens is 2. The van der Waals surface area contributed by atoms with Gasteiger partial charge in [-0.05, 0) is 18.2 Å². The van der Waals surface area contributed by atoms with Crippen LogP contribution in [0.3, 0.4) is 0 Å². The highest BCUT2D eigenvalue weighted by Crippen LogP contribution is 2.27. The zero-order valence-corrected chi connectivity index (χ0v) is 14.8. The van der Waals surface area contributed by atoms with E-state index in [1.807, 2.05) is 4.90 Å². The van der Waals surface area contributed by atoms with Gasteiger partial charge < -0.3 is 15.5 Å². The molecular formula is C17H16Cl2N4O2. The summed E-state index contributed by atoms with van der Waals surface area (Å²) < 4.78 is 0. The molecule has 0 unspecified atom stereocenters. The van der Waals surface area contributed by atoms with E-state index < -0.39 is 5.91 Å². The van der Waals surface area contributed by atoms with Gasteiger partial charge in [-0.25, -0.2) is 0 Å². The third kappa shape index (κ3) is 3.55. The number of hydrogen-bond donors (Lipinski definition) is 1. The summed E-state index contributed by atoms with van der Waals surface area (Å²) in [5, 5.41) is 0.676. The molecule has 1 saturated heterocycles. The number of benzene rings is 1. The first-order valence-electron chi connectivity index (χ1n) is 7.71. The van der Waals surface area contributed by atoms with Crippen molar-refractivity contribution < 1.29 is 9.59 Å². The van der Waals surface area contributed by atoms with Gasteiger partial charge in [-0.1, -0.05) is 29.3 Å². The molecule has 1 aromatic carbocycles.